The van der Waals surface area contributed by atoms with E-state index in [-0.39, 0.29) is 11.5 Å². The Morgan fingerprint density at radius 3 is 2.06 bits per heavy atom. The van der Waals surface area contributed by atoms with Gasteiger partial charge in [0.25, 0.3) is 11.8 Å². The molecule has 3 aromatic carbocycles. The molecule has 168 valence electrons. The van der Waals surface area contributed by atoms with Crippen molar-refractivity contribution in [2.24, 2.45) is 0 Å². The van der Waals surface area contributed by atoms with E-state index in [2.05, 4.69) is 66.9 Å². The van der Waals surface area contributed by atoms with Gasteiger partial charge in [-0.25, -0.2) is 10.9 Å². The molecular weight excluding hydrogens is 404 g/mol. The quantitative estimate of drug-likeness (QED) is 0.304. The van der Waals surface area contributed by atoms with Gasteiger partial charge in [0.2, 0.25) is 0 Å². The Kier molecular flexibility index (Phi) is 7.94. The summed E-state index contributed by atoms with van der Waals surface area (Å²) in [7, 11) is 0. The van der Waals surface area contributed by atoms with Crippen molar-refractivity contribution in [3.63, 3.8) is 0 Å². The molecule has 0 aliphatic heterocycles. The zero-order chi connectivity index (χ0) is 23.1. The van der Waals surface area contributed by atoms with E-state index < -0.39 is 5.91 Å². The maximum Gasteiger partial charge on any atom is 0.274 e. The number of benzene rings is 3. The average molecular weight is 435 g/mol. The Morgan fingerprint density at radius 1 is 0.875 bits per heavy atom. The Morgan fingerprint density at radius 2 is 1.47 bits per heavy atom. The van der Waals surface area contributed by atoms with E-state index in [1.54, 1.807) is 5.48 Å². The van der Waals surface area contributed by atoms with E-state index in [9.17, 15) is 9.59 Å². The van der Waals surface area contributed by atoms with Gasteiger partial charge < -0.3 is 0 Å². The molecule has 0 saturated heterocycles. The van der Waals surface area contributed by atoms with Crippen LogP contribution < -0.4 is 16.3 Å². The number of amides is 2. The first-order valence-electron chi connectivity index (χ1n) is 10.8. The Bertz CT molecular complexity index is 1080. The SMILES string of the molecule is CCN(CC)C(C)c1ccc(CNNC(=O)c2ccc(C(=O)NO)cc2)c2ccccc12. The molecule has 3 rings (SSSR count). The molecule has 7 heteroatoms. The van der Waals surface area contributed by atoms with Crippen molar-refractivity contribution in [3.8, 4) is 0 Å². The maximum atomic E-state index is 12.4. The Balaban J connectivity index is 1.71. The van der Waals surface area contributed by atoms with Crippen LogP contribution in [0.1, 0.15) is 58.7 Å². The predicted molar refractivity (Wildman–Crippen MR) is 125 cm³/mol. The molecule has 0 saturated carbocycles. The molecule has 3 aromatic rings. The van der Waals surface area contributed by atoms with Crippen molar-refractivity contribution in [1.29, 1.82) is 0 Å². The van der Waals surface area contributed by atoms with Gasteiger partial charge in [-0.3, -0.25) is 25.1 Å². The van der Waals surface area contributed by atoms with Crippen LogP contribution in [0.25, 0.3) is 10.8 Å². The fourth-order valence-corrected chi connectivity index (χ4v) is 4.00. The van der Waals surface area contributed by atoms with Gasteiger partial charge in [0.1, 0.15) is 0 Å². The highest BCUT2D eigenvalue weighted by molar-refractivity contribution is 5.97. The number of hydrazine groups is 1. The number of nitrogens with zero attached hydrogens (tertiary/aromatic N) is 1. The summed E-state index contributed by atoms with van der Waals surface area (Å²) in [4.78, 5) is 26.2. The van der Waals surface area contributed by atoms with Crippen molar-refractivity contribution >= 4 is 22.6 Å². The fourth-order valence-electron chi connectivity index (χ4n) is 4.00. The second-order valence-electron chi connectivity index (χ2n) is 7.58. The third kappa shape index (κ3) is 5.13. The molecule has 0 aromatic heterocycles. The molecule has 0 aliphatic carbocycles. The minimum atomic E-state index is -0.624. The minimum Gasteiger partial charge on any atom is -0.297 e. The number of rotatable bonds is 9. The second-order valence-corrected chi connectivity index (χ2v) is 7.58. The molecule has 0 heterocycles. The molecule has 0 aliphatic rings. The van der Waals surface area contributed by atoms with Crippen LogP contribution in [0.3, 0.4) is 0 Å². The Hall–Kier alpha value is -3.26. The molecule has 0 spiro atoms. The molecule has 0 fully saturated rings. The van der Waals surface area contributed by atoms with E-state index in [1.165, 1.54) is 35.2 Å². The zero-order valence-electron chi connectivity index (χ0n) is 18.7. The lowest BCUT2D eigenvalue weighted by atomic mass is 9.95. The van der Waals surface area contributed by atoms with Crippen LogP contribution in [0.4, 0.5) is 0 Å². The third-order valence-corrected chi connectivity index (χ3v) is 5.85. The summed E-state index contributed by atoms with van der Waals surface area (Å²) < 4.78 is 0. The summed E-state index contributed by atoms with van der Waals surface area (Å²) in [6.07, 6.45) is 0. The summed E-state index contributed by atoms with van der Waals surface area (Å²) in [6, 6.07) is 18.9. The van der Waals surface area contributed by atoms with Crippen molar-refractivity contribution < 1.29 is 14.8 Å². The van der Waals surface area contributed by atoms with E-state index in [0.29, 0.717) is 18.2 Å². The van der Waals surface area contributed by atoms with E-state index in [4.69, 9.17) is 5.21 Å². The van der Waals surface area contributed by atoms with Crippen LogP contribution in [-0.2, 0) is 6.54 Å². The van der Waals surface area contributed by atoms with E-state index in [1.807, 2.05) is 6.07 Å². The average Bonchev–Trinajstić information content (AvgIpc) is 2.84. The molecule has 4 N–H and O–H groups in total. The number of carbonyl (C=O) groups is 2. The van der Waals surface area contributed by atoms with E-state index in [0.717, 1.165) is 24.0 Å². The monoisotopic (exact) mass is 434 g/mol. The van der Waals surface area contributed by atoms with Crippen LogP contribution in [-0.4, -0.2) is 35.0 Å². The first-order valence-corrected chi connectivity index (χ1v) is 10.8. The van der Waals surface area contributed by atoms with Crippen LogP contribution >= 0.6 is 0 Å². The van der Waals surface area contributed by atoms with Crippen molar-refractivity contribution in [2.45, 2.75) is 33.4 Å². The minimum absolute atomic E-state index is 0.266. The van der Waals surface area contributed by atoms with Gasteiger partial charge in [-0.2, -0.15) is 0 Å². The highest BCUT2D eigenvalue weighted by atomic mass is 16.5. The van der Waals surface area contributed by atoms with Crippen LogP contribution in [0.5, 0.6) is 0 Å². The van der Waals surface area contributed by atoms with Gasteiger partial charge >= 0.3 is 0 Å². The number of carbonyl (C=O) groups excluding carboxylic acids is 2. The molecule has 32 heavy (non-hydrogen) atoms. The molecule has 1 atom stereocenters. The highest BCUT2D eigenvalue weighted by Crippen LogP contribution is 2.30. The fraction of sp³-hybridized carbons (Fsp3) is 0.280. The van der Waals surface area contributed by atoms with E-state index >= 15 is 0 Å². The predicted octanol–water partition coefficient (Wildman–Crippen LogP) is 3.80. The van der Waals surface area contributed by atoms with Crippen molar-refractivity contribution in [1.82, 2.24) is 21.2 Å². The Labute approximate surface area is 188 Å². The number of hydrogen-bond donors (Lipinski definition) is 4. The number of nitrogens with one attached hydrogen (secondary N) is 3. The van der Waals surface area contributed by atoms with Gasteiger partial charge in [-0.1, -0.05) is 50.2 Å². The summed E-state index contributed by atoms with van der Waals surface area (Å²) in [6.45, 7) is 9.05. The lowest BCUT2D eigenvalue weighted by molar-refractivity contribution is 0.0706. The number of fused-ring (bicyclic) bond motifs is 1. The summed E-state index contributed by atoms with van der Waals surface area (Å²) >= 11 is 0. The highest BCUT2D eigenvalue weighted by Gasteiger charge is 2.16. The summed E-state index contributed by atoms with van der Waals surface area (Å²) in [5.74, 6) is -0.933. The molecule has 1 unspecified atom stereocenters. The lowest BCUT2D eigenvalue weighted by Gasteiger charge is -2.28. The van der Waals surface area contributed by atoms with Crippen LogP contribution in [0.2, 0.25) is 0 Å². The van der Waals surface area contributed by atoms with Gasteiger partial charge in [-0.15, -0.1) is 0 Å². The molecule has 2 amide bonds. The largest absolute Gasteiger partial charge is 0.297 e. The van der Waals surface area contributed by atoms with Crippen molar-refractivity contribution in [2.75, 3.05) is 13.1 Å². The zero-order valence-corrected chi connectivity index (χ0v) is 18.7. The number of hydroxylamine groups is 1. The van der Waals surface area contributed by atoms with Gasteiger partial charge in [0.15, 0.2) is 0 Å². The van der Waals surface area contributed by atoms with Gasteiger partial charge in [0.05, 0.1) is 0 Å². The first kappa shape index (κ1) is 23.4. The smallest absolute Gasteiger partial charge is 0.274 e. The van der Waals surface area contributed by atoms with Crippen LogP contribution in [0, 0.1) is 0 Å². The second kappa shape index (κ2) is 10.9. The molecular formula is C25H30N4O3. The van der Waals surface area contributed by atoms with Crippen molar-refractivity contribution in [3.05, 3.63) is 82.9 Å². The molecule has 0 bridgehead atoms. The summed E-state index contributed by atoms with van der Waals surface area (Å²) in [5, 5.41) is 11.1. The van der Waals surface area contributed by atoms with Gasteiger partial charge in [0, 0.05) is 23.7 Å². The first-order chi connectivity index (χ1) is 15.5. The maximum absolute atomic E-state index is 12.4. The lowest BCUT2D eigenvalue weighted by Crippen LogP contribution is -2.36. The standard InChI is InChI=1S/C25H30N4O3/c1-4-29(5-2)17(3)21-15-14-20(22-8-6-7-9-23(21)22)16-26-27-24(30)18-10-12-19(13-11-18)25(31)28-32/h6-15,17,26,32H,4-5,16H2,1-3H3,(H,27,30)(H,28,31). The normalized spacial score (nSPS) is 12.0. The molecule has 7 nitrogen and oxygen atoms in total. The van der Waals surface area contributed by atoms with Gasteiger partial charge in [-0.05, 0) is 66.2 Å². The molecule has 0 radical (unpaired) electrons. The third-order valence-electron chi connectivity index (χ3n) is 5.85. The number of hydrogen-bond acceptors (Lipinski definition) is 5. The van der Waals surface area contributed by atoms with Crippen LogP contribution in [0.15, 0.2) is 60.7 Å². The summed E-state index contributed by atoms with van der Waals surface area (Å²) in [5.41, 5.74) is 10.3. The topological polar surface area (TPSA) is 93.7 Å².